The number of carbonyl (C=O) groups excluding carboxylic acids is 2. The molecule has 1 heterocycles. The van der Waals surface area contributed by atoms with Crippen LogP contribution in [0, 0.1) is 58.2 Å². The van der Waals surface area contributed by atoms with E-state index in [0.717, 1.165) is 54.4 Å². The molecule has 0 amide bonds. The first kappa shape index (κ1) is 45.0. The van der Waals surface area contributed by atoms with Crippen LogP contribution in [0.1, 0.15) is 102 Å². The number of esters is 1. The first-order chi connectivity index (χ1) is 31.0. The Kier molecular flexibility index (Phi) is 13.6. The third kappa shape index (κ3) is 9.04. The fourth-order valence-electron chi connectivity index (χ4n) is 13.7. The summed E-state index contributed by atoms with van der Waals surface area (Å²) in [7, 11) is 0. The van der Waals surface area contributed by atoms with E-state index < -0.39 is 6.10 Å². The van der Waals surface area contributed by atoms with E-state index in [9.17, 15) is 4.79 Å². The molecule has 5 aliphatic rings. The third-order valence-electron chi connectivity index (χ3n) is 17.1. The molecule has 0 spiro atoms. The van der Waals surface area contributed by atoms with Crippen LogP contribution in [0.25, 0.3) is 0 Å². The Morgan fingerprint density at radius 2 is 1.08 bits per heavy atom. The van der Waals surface area contributed by atoms with Crippen LogP contribution in [-0.2, 0) is 59.7 Å². The lowest BCUT2D eigenvalue weighted by Crippen LogP contribution is -2.69. The fraction of sp³-hybridized carbons (Fsp3) is 0.544. The van der Waals surface area contributed by atoms with Crippen molar-refractivity contribution in [2.45, 2.75) is 137 Å². The van der Waals surface area contributed by atoms with E-state index in [0.29, 0.717) is 56.9 Å². The summed E-state index contributed by atoms with van der Waals surface area (Å²) in [6.07, 6.45) is 4.14. The van der Waals surface area contributed by atoms with E-state index in [4.69, 9.17) is 23.7 Å². The van der Waals surface area contributed by atoms with Crippen LogP contribution >= 0.6 is 0 Å². The summed E-state index contributed by atoms with van der Waals surface area (Å²) >= 11 is 0. The molecule has 4 aromatic rings. The average Bonchev–Trinajstić information content (AvgIpc) is 3.59. The van der Waals surface area contributed by atoms with Gasteiger partial charge in [-0.1, -0.05) is 156 Å². The number of ether oxygens (including phenoxy) is 5. The summed E-state index contributed by atoms with van der Waals surface area (Å²) in [5.74, 6) is 0.938. The summed E-state index contributed by atoms with van der Waals surface area (Å²) in [6.45, 7) is 13.4. The zero-order valence-corrected chi connectivity index (χ0v) is 38.7. The minimum Gasteiger partial charge on any atom is -0.462 e. The standard InChI is InChI=1S/C57H70O7/c1-37(2)43-30-48(64-49(59)31-43)38(3)45-32-46(58)51-50-44(26-28-57(45,51)5)56(4)29-27-47(60-33-39-18-10-6-11-19-39)53(61-34-40-20-12-7-13-21-40)52(56)55(63-36-42-24-16-9-17-25-42)54(50)62-35-41-22-14-8-15-23-41/h6-25,37-38,43-45,47-48,50-55H,26-36H2,1-5H3/t38?,43?,44?,45?,47-,48?,50?,51?,52?,53+,54-,55-,56-,57-/m1/s1. The van der Waals surface area contributed by atoms with Crippen LogP contribution in [0.2, 0.25) is 0 Å². The van der Waals surface area contributed by atoms with Gasteiger partial charge in [0.2, 0.25) is 0 Å². The Labute approximate surface area is 382 Å². The molecule has 1 aliphatic heterocycles. The van der Waals surface area contributed by atoms with E-state index >= 15 is 4.79 Å². The SMILES string of the molecule is CC(C)C1CC(=O)OC(C(C)C2CC(=O)C3C4C(CC[C@]23C)[C@@]2(C)CC[C@@H](OCc3ccccc3)[C@H](OCc3ccccc3)C2[C@@H](OCc2ccccc2)[C@@H]4OCc2ccccc2)C1. The number of Topliss-reactive ketones (excluding diaryl/α,β-unsaturated/α-hetero) is 1. The van der Waals surface area contributed by atoms with E-state index in [2.05, 4.69) is 132 Å². The van der Waals surface area contributed by atoms with Crippen molar-refractivity contribution in [2.24, 2.45) is 58.2 Å². The Hall–Kier alpha value is -4.14. The topological polar surface area (TPSA) is 80.3 Å². The number of rotatable bonds is 15. The highest BCUT2D eigenvalue weighted by atomic mass is 16.6. The van der Waals surface area contributed by atoms with Crippen LogP contribution < -0.4 is 0 Å². The number of hydrogen-bond acceptors (Lipinski definition) is 7. The Balaban J connectivity index is 1.12. The number of cyclic esters (lactones) is 1. The van der Waals surface area contributed by atoms with E-state index in [-0.39, 0.29) is 76.7 Å². The highest BCUT2D eigenvalue weighted by Gasteiger charge is 2.70. The Morgan fingerprint density at radius 3 is 1.61 bits per heavy atom. The molecule has 1 saturated heterocycles. The van der Waals surface area contributed by atoms with Gasteiger partial charge >= 0.3 is 5.97 Å². The largest absolute Gasteiger partial charge is 0.462 e. The van der Waals surface area contributed by atoms with Gasteiger partial charge < -0.3 is 23.7 Å². The summed E-state index contributed by atoms with van der Waals surface area (Å²) in [5, 5.41) is 0. The minimum atomic E-state index is -0.392. The summed E-state index contributed by atoms with van der Waals surface area (Å²) in [4.78, 5) is 28.3. The zero-order valence-electron chi connectivity index (χ0n) is 38.7. The normalized spacial score (nSPS) is 35.2. The molecule has 340 valence electrons. The van der Waals surface area contributed by atoms with Gasteiger partial charge in [-0.15, -0.1) is 0 Å². The molecule has 0 N–H and O–H groups in total. The van der Waals surface area contributed by atoms with E-state index in [1.165, 1.54) is 0 Å². The number of carbonyl (C=O) groups is 2. The molecule has 7 nitrogen and oxygen atoms in total. The second-order valence-corrected chi connectivity index (χ2v) is 21.0. The summed E-state index contributed by atoms with van der Waals surface area (Å²) < 4.78 is 35.4. The lowest BCUT2D eigenvalue weighted by atomic mass is 9.42. The van der Waals surface area contributed by atoms with E-state index in [1.807, 2.05) is 24.3 Å². The summed E-state index contributed by atoms with van der Waals surface area (Å²) in [6, 6.07) is 41.8. The van der Waals surface area contributed by atoms with Gasteiger partial charge in [-0.05, 0) is 94.8 Å². The van der Waals surface area contributed by atoms with Crippen LogP contribution in [-0.4, -0.2) is 42.3 Å². The van der Waals surface area contributed by atoms with Crippen molar-refractivity contribution in [3.05, 3.63) is 144 Å². The first-order valence-electron chi connectivity index (χ1n) is 24.4. The number of ketones is 1. The molecule has 8 unspecified atom stereocenters. The molecular weight excluding hydrogens is 797 g/mol. The average molecular weight is 867 g/mol. The maximum Gasteiger partial charge on any atom is 0.306 e. The fourth-order valence-corrected chi connectivity index (χ4v) is 13.7. The molecule has 64 heavy (non-hydrogen) atoms. The van der Waals surface area contributed by atoms with Gasteiger partial charge in [0.25, 0.3) is 0 Å². The highest BCUT2D eigenvalue weighted by Crippen LogP contribution is 2.69. The minimum absolute atomic E-state index is 0.0645. The smallest absolute Gasteiger partial charge is 0.306 e. The molecule has 0 aromatic heterocycles. The van der Waals surface area contributed by atoms with Gasteiger partial charge in [0.1, 0.15) is 11.9 Å². The lowest BCUT2D eigenvalue weighted by Gasteiger charge is -2.66. The van der Waals surface area contributed by atoms with Crippen LogP contribution in [0.3, 0.4) is 0 Å². The van der Waals surface area contributed by atoms with Gasteiger partial charge in [0.05, 0.1) is 50.8 Å². The molecule has 4 saturated carbocycles. The van der Waals surface area contributed by atoms with Gasteiger partial charge in [0.15, 0.2) is 0 Å². The number of fused-ring (bicyclic) bond motifs is 5. The van der Waals surface area contributed by atoms with Crippen molar-refractivity contribution < 1.29 is 33.3 Å². The lowest BCUT2D eigenvalue weighted by molar-refractivity contribution is -0.285. The van der Waals surface area contributed by atoms with Crippen molar-refractivity contribution in [1.29, 1.82) is 0 Å². The maximum atomic E-state index is 15.2. The highest BCUT2D eigenvalue weighted by molar-refractivity contribution is 5.85. The second-order valence-electron chi connectivity index (χ2n) is 21.0. The molecule has 7 heteroatoms. The molecule has 4 aliphatic carbocycles. The Bertz CT molecular complexity index is 2150. The van der Waals surface area contributed by atoms with Gasteiger partial charge in [-0.2, -0.15) is 0 Å². The predicted octanol–water partition coefficient (Wildman–Crippen LogP) is 11.6. The molecule has 14 atom stereocenters. The maximum absolute atomic E-state index is 15.2. The van der Waals surface area contributed by atoms with Gasteiger partial charge in [-0.25, -0.2) is 0 Å². The first-order valence-corrected chi connectivity index (χ1v) is 24.4. The zero-order chi connectivity index (χ0) is 44.4. The van der Waals surface area contributed by atoms with Gasteiger partial charge in [0, 0.05) is 30.6 Å². The predicted molar refractivity (Wildman–Crippen MR) is 248 cm³/mol. The molecule has 5 fully saturated rings. The monoisotopic (exact) mass is 867 g/mol. The van der Waals surface area contributed by atoms with E-state index in [1.54, 1.807) is 0 Å². The van der Waals surface area contributed by atoms with Crippen molar-refractivity contribution >= 4 is 11.8 Å². The number of benzene rings is 4. The van der Waals surface area contributed by atoms with Crippen molar-refractivity contribution in [1.82, 2.24) is 0 Å². The Morgan fingerprint density at radius 1 is 0.594 bits per heavy atom. The van der Waals surface area contributed by atoms with Crippen LogP contribution in [0.15, 0.2) is 121 Å². The van der Waals surface area contributed by atoms with Crippen molar-refractivity contribution in [2.75, 3.05) is 0 Å². The third-order valence-corrected chi connectivity index (χ3v) is 17.1. The summed E-state index contributed by atoms with van der Waals surface area (Å²) in [5.41, 5.74) is 3.94. The molecule has 0 radical (unpaired) electrons. The van der Waals surface area contributed by atoms with Crippen LogP contribution in [0.5, 0.6) is 0 Å². The molecular formula is C57H70O7. The van der Waals surface area contributed by atoms with Crippen LogP contribution in [0.4, 0.5) is 0 Å². The molecule has 0 bridgehead atoms. The van der Waals surface area contributed by atoms with Gasteiger partial charge in [-0.3, -0.25) is 9.59 Å². The molecule has 9 rings (SSSR count). The quantitative estimate of drug-likeness (QED) is 0.110. The van der Waals surface area contributed by atoms with Crippen molar-refractivity contribution in [3.8, 4) is 0 Å². The van der Waals surface area contributed by atoms with Crippen molar-refractivity contribution in [3.63, 3.8) is 0 Å². The number of hydrogen-bond donors (Lipinski definition) is 0. The molecule has 4 aromatic carbocycles. The second kappa shape index (κ2) is 19.4.